The van der Waals surface area contributed by atoms with Crippen LogP contribution in [0.15, 0.2) is 48.8 Å². The van der Waals surface area contributed by atoms with Crippen molar-refractivity contribution in [3.8, 4) is 5.75 Å². The van der Waals surface area contributed by atoms with Crippen LogP contribution in [0.25, 0.3) is 0 Å². The van der Waals surface area contributed by atoms with Gasteiger partial charge in [-0.2, -0.15) is 5.10 Å². The summed E-state index contributed by atoms with van der Waals surface area (Å²) < 4.78 is 7.14. The summed E-state index contributed by atoms with van der Waals surface area (Å²) in [6, 6.07) is 11.2. The smallest absolute Gasteiger partial charge is 0.255 e. The van der Waals surface area contributed by atoms with E-state index in [1.807, 2.05) is 42.8 Å². The third-order valence-electron chi connectivity index (χ3n) is 4.03. The Balaban J connectivity index is 1.82. The quantitative estimate of drug-likeness (QED) is 0.777. The molecule has 0 saturated heterocycles. The molecule has 128 valence electrons. The number of nitrogens with zero attached hydrogens (tertiary/aromatic N) is 3. The van der Waals surface area contributed by atoms with E-state index in [1.165, 1.54) is 0 Å². The van der Waals surface area contributed by atoms with Crippen LogP contribution in [0.2, 0.25) is 0 Å². The van der Waals surface area contributed by atoms with Crippen molar-refractivity contribution in [3.63, 3.8) is 0 Å². The van der Waals surface area contributed by atoms with Gasteiger partial charge in [-0.3, -0.25) is 14.5 Å². The number of carbonyl (C=O) groups is 1. The number of aromatic nitrogens is 3. The molecule has 1 amide bonds. The van der Waals surface area contributed by atoms with Crippen LogP contribution in [-0.2, 0) is 6.54 Å². The summed E-state index contributed by atoms with van der Waals surface area (Å²) in [5.74, 6) is 0.639. The van der Waals surface area contributed by atoms with Crippen molar-refractivity contribution in [2.75, 3.05) is 12.4 Å². The van der Waals surface area contributed by atoms with Crippen molar-refractivity contribution in [2.45, 2.75) is 20.4 Å². The first-order valence-corrected chi connectivity index (χ1v) is 7.97. The van der Waals surface area contributed by atoms with E-state index >= 15 is 0 Å². The van der Waals surface area contributed by atoms with E-state index in [2.05, 4.69) is 15.4 Å². The number of pyridine rings is 1. The highest BCUT2D eigenvalue weighted by Gasteiger charge is 2.15. The maximum absolute atomic E-state index is 12.4. The molecule has 2 heterocycles. The third-order valence-corrected chi connectivity index (χ3v) is 4.03. The van der Waals surface area contributed by atoms with Crippen molar-refractivity contribution >= 4 is 11.6 Å². The Morgan fingerprint density at radius 2 is 1.96 bits per heavy atom. The fraction of sp³-hybridized carbons (Fsp3) is 0.211. The van der Waals surface area contributed by atoms with Gasteiger partial charge in [-0.1, -0.05) is 12.1 Å². The van der Waals surface area contributed by atoms with Crippen LogP contribution in [0.3, 0.4) is 0 Å². The number of carbonyl (C=O) groups excluding carboxylic acids is 1. The largest absolute Gasteiger partial charge is 0.497 e. The number of benzene rings is 1. The van der Waals surface area contributed by atoms with Gasteiger partial charge >= 0.3 is 0 Å². The fourth-order valence-electron chi connectivity index (χ4n) is 2.66. The van der Waals surface area contributed by atoms with Gasteiger partial charge in [0.1, 0.15) is 5.75 Å². The first-order chi connectivity index (χ1) is 12.1. The summed E-state index contributed by atoms with van der Waals surface area (Å²) in [7, 11) is 1.65. The Kier molecular flexibility index (Phi) is 4.79. The van der Waals surface area contributed by atoms with Crippen LogP contribution in [0.4, 0.5) is 5.69 Å². The molecule has 0 aliphatic carbocycles. The van der Waals surface area contributed by atoms with E-state index in [0.29, 0.717) is 12.1 Å². The predicted octanol–water partition coefficient (Wildman–Crippen LogP) is 3.20. The number of hydrogen-bond donors (Lipinski definition) is 1. The lowest BCUT2D eigenvalue weighted by Crippen LogP contribution is -2.13. The molecule has 0 aliphatic rings. The zero-order valence-electron chi connectivity index (χ0n) is 14.5. The SMILES string of the molecule is COc1cccc(Cn2nc(C)c(NC(=O)c3ccncc3)c2C)c1. The first-order valence-electron chi connectivity index (χ1n) is 7.97. The number of ether oxygens (including phenoxy) is 1. The molecule has 0 radical (unpaired) electrons. The van der Waals surface area contributed by atoms with Gasteiger partial charge < -0.3 is 10.1 Å². The van der Waals surface area contributed by atoms with Crippen molar-refractivity contribution in [2.24, 2.45) is 0 Å². The monoisotopic (exact) mass is 336 g/mol. The van der Waals surface area contributed by atoms with Crippen LogP contribution >= 0.6 is 0 Å². The maximum Gasteiger partial charge on any atom is 0.255 e. The second-order valence-electron chi connectivity index (χ2n) is 5.75. The van der Waals surface area contributed by atoms with Gasteiger partial charge in [0, 0.05) is 18.0 Å². The summed E-state index contributed by atoms with van der Waals surface area (Å²) in [4.78, 5) is 16.3. The van der Waals surface area contributed by atoms with Gasteiger partial charge in [0.15, 0.2) is 0 Å². The Morgan fingerprint density at radius 1 is 1.20 bits per heavy atom. The minimum absolute atomic E-state index is 0.172. The second-order valence-corrected chi connectivity index (χ2v) is 5.75. The molecular weight excluding hydrogens is 316 g/mol. The lowest BCUT2D eigenvalue weighted by Gasteiger charge is -2.08. The van der Waals surface area contributed by atoms with E-state index < -0.39 is 0 Å². The number of rotatable bonds is 5. The molecule has 1 aromatic carbocycles. The van der Waals surface area contributed by atoms with Crippen molar-refractivity contribution in [1.82, 2.24) is 14.8 Å². The Morgan fingerprint density at radius 3 is 2.68 bits per heavy atom. The highest BCUT2D eigenvalue weighted by atomic mass is 16.5. The summed E-state index contributed by atoms with van der Waals surface area (Å²) in [6.45, 7) is 4.44. The summed E-state index contributed by atoms with van der Waals surface area (Å²) in [6.07, 6.45) is 3.20. The minimum atomic E-state index is -0.172. The highest BCUT2D eigenvalue weighted by molar-refractivity contribution is 6.04. The summed E-state index contributed by atoms with van der Waals surface area (Å²) in [5, 5.41) is 7.51. The molecule has 2 aromatic heterocycles. The van der Waals surface area contributed by atoms with Gasteiger partial charge in [-0.05, 0) is 43.7 Å². The van der Waals surface area contributed by atoms with Crippen molar-refractivity contribution in [3.05, 3.63) is 71.3 Å². The molecule has 0 unspecified atom stereocenters. The maximum atomic E-state index is 12.4. The van der Waals surface area contributed by atoms with Crippen LogP contribution < -0.4 is 10.1 Å². The van der Waals surface area contributed by atoms with E-state index in [1.54, 1.807) is 31.6 Å². The Bertz CT molecular complexity index is 888. The van der Waals surface area contributed by atoms with E-state index in [9.17, 15) is 4.79 Å². The van der Waals surface area contributed by atoms with Crippen molar-refractivity contribution in [1.29, 1.82) is 0 Å². The molecule has 0 atom stereocenters. The number of aryl methyl sites for hydroxylation is 1. The van der Waals surface area contributed by atoms with Gasteiger partial charge in [0.25, 0.3) is 5.91 Å². The third kappa shape index (κ3) is 3.68. The minimum Gasteiger partial charge on any atom is -0.497 e. The molecule has 6 heteroatoms. The molecule has 1 N–H and O–H groups in total. The molecule has 6 nitrogen and oxygen atoms in total. The average Bonchev–Trinajstić information content (AvgIpc) is 2.90. The normalized spacial score (nSPS) is 10.5. The zero-order chi connectivity index (χ0) is 17.8. The lowest BCUT2D eigenvalue weighted by molar-refractivity contribution is 0.102. The molecule has 0 spiro atoms. The number of anilines is 1. The molecular formula is C19H20N4O2. The molecule has 0 bridgehead atoms. The summed E-state index contributed by atoms with van der Waals surface area (Å²) >= 11 is 0. The average molecular weight is 336 g/mol. The standard InChI is InChI=1S/C19H20N4O2/c1-13-18(21-19(24)16-7-9-20-10-8-16)14(2)23(22-13)12-15-5-4-6-17(11-15)25-3/h4-11H,12H2,1-3H3,(H,21,24). The van der Waals surface area contributed by atoms with E-state index in [4.69, 9.17) is 4.74 Å². The first kappa shape index (κ1) is 16.7. The number of amides is 1. The van der Waals surface area contributed by atoms with E-state index in [0.717, 1.165) is 28.4 Å². The number of nitrogens with one attached hydrogen (secondary N) is 1. The molecule has 3 rings (SSSR count). The van der Waals surface area contributed by atoms with Gasteiger partial charge in [-0.25, -0.2) is 0 Å². The topological polar surface area (TPSA) is 69.0 Å². The van der Waals surface area contributed by atoms with Crippen LogP contribution in [0.5, 0.6) is 5.75 Å². The number of hydrogen-bond acceptors (Lipinski definition) is 4. The van der Waals surface area contributed by atoms with Gasteiger partial charge in [0.05, 0.1) is 30.7 Å². The van der Waals surface area contributed by atoms with Crippen LogP contribution in [0.1, 0.15) is 27.3 Å². The highest BCUT2D eigenvalue weighted by Crippen LogP contribution is 2.22. The second kappa shape index (κ2) is 7.17. The molecule has 25 heavy (non-hydrogen) atoms. The van der Waals surface area contributed by atoms with Crippen LogP contribution in [0, 0.1) is 13.8 Å². The predicted molar refractivity (Wildman–Crippen MR) is 96.0 cm³/mol. The van der Waals surface area contributed by atoms with Crippen LogP contribution in [-0.4, -0.2) is 27.8 Å². The molecule has 0 saturated carbocycles. The Labute approximate surface area is 146 Å². The van der Waals surface area contributed by atoms with Gasteiger partial charge in [-0.15, -0.1) is 0 Å². The lowest BCUT2D eigenvalue weighted by atomic mass is 10.2. The summed E-state index contributed by atoms with van der Waals surface area (Å²) in [5.41, 5.74) is 4.07. The fourth-order valence-corrected chi connectivity index (χ4v) is 2.66. The van der Waals surface area contributed by atoms with Gasteiger partial charge in [0.2, 0.25) is 0 Å². The molecule has 3 aromatic rings. The number of methoxy groups -OCH3 is 1. The zero-order valence-corrected chi connectivity index (χ0v) is 14.5. The van der Waals surface area contributed by atoms with E-state index in [-0.39, 0.29) is 5.91 Å². The molecule has 0 fully saturated rings. The van der Waals surface area contributed by atoms with Crippen molar-refractivity contribution < 1.29 is 9.53 Å². The molecule has 0 aliphatic heterocycles. The Hall–Kier alpha value is -3.15.